The molecule has 0 aromatic heterocycles. The van der Waals surface area contributed by atoms with E-state index in [9.17, 15) is 18.3 Å². The topological polar surface area (TPSA) is 20.2 Å². The van der Waals surface area contributed by atoms with Crippen LogP contribution in [0.5, 0.6) is 0 Å². The van der Waals surface area contributed by atoms with Crippen molar-refractivity contribution < 1.29 is 18.3 Å². The highest BCUT2D eigenvalue weighted by molar-refractivity contribution is 5.30. The Kier molecular flexibility index (Phi) is 3.66. The van der Waals surface area contributed by atoms with Crippen molar-refractivity contribution in [3.8, 4) is 0 Å². The van der Waals surface area contributed by atoms with Crippen molar-refractivity contribution in [3.05, 3.63) is 35.4 Å². The lowest BCUT2D eigenvalue weighted by Crippen LogP contribution is -2.41. The SMILES string of the molecule is CC1CC(C)(C)CCC1(O)c1ccc(C(F)(F)F)cc1. The van der Waals surface area contributed by atoms with Gasteiger partial charge in [-0.2, -0.15) is 13.2 Å². The summed E-state index contributed by atoms with van der Waals surface area (Å²) in [6, 6.07) is 4.94. The van der Waals surface area contributed by atoms with E-state index in [1.165, 1.54) is 12.1 Å². The van der Waals surface area contributed by atoms with E-state index in [2.05, 4.69) is 13.8 Å². The molecule has 1 aromatic rings. The fourth-order valence-corrected chi connectivity index (χ4v) is 3.25. The summed E-state index contributed by atoms with van der Waals surface area (Å²) in [7, 11) is 0. The second kappa shape index (κ2) is 4.76. The summed E-state index contributed by atoms with van der Waals surface area (Å²) in [5, 5.41) is 10.9. The summed E-state index contributed by atoms with van der Waals surface area (Å²) in [6.07, 6.45) is -2.01. The van der Waals surface area contributed by atoms with Gasteiger partial charge in [-0.1, -0.05) is 32.9 Å². The largest absolute Gasteiger partial charge is 0.416 e. The van der Waals surface area contributed by atoms with Crippen molar-refractivity contribution in [3.63, 3.8) is 0 Å². The average molecular weight is 286 g/mol. The first kappa shape index (κ1) is 15.4. The van der Waals surface area contributed by atoms with Gasteiger partial charge in [0.15, 0.2) is 0 Å². The molecule has 4 heteroatoms. The van der Waals surface area contributed by atoms with Gasteiger partial charge in [0.05, 0.1) is 11.2 Å². The molecule has 2 unspecified atom stereocenters. The third-order valence-electron chi connectivity index (χ3n) is 4.57. The summed E-state index contributed by atoms with van der Waals surface area (Å²) in [6.45, 7) is 6.30. The van der Waals surface area contributed by atoms with E-state index in [0.717, 1.165) is 25.0 Å². The van der Waals surface area contributed by atoms with Gasteiger partial charge >= 0.3 is 6.18 Å². The lowest BCUT2D eigenvalue weighted by Gasteiger charge is -2.45. The third-order valence-corrected chi connectivity index (χ3v) is 4.57. The van der Waals surface area contributed by atoms with E-state index in [4.69, 9.17) is 0 Å². The second-order valence-corrected chi connectivity index (χ2v) is 6.77. The van der Waals surface area contributed by atoms with Crippen molar-refractivity contribution in [1.29, 1.82) is 0 Å². The molecule has 1 N–H and O–H groups in total. The van der Waals surface area contributed by atoms with Crippen LogP contribution in [-0.4, -0.2) is 5.11 Å². The lowest BCUT2D eigenvalue weighted by molar-refractivity contribution is -0.137. The van der Waals surface area contributed by atoms with Crippen LogP contribution in [-0.2, 0) is 11.8 Å². The number of aliphatic hydroxyl groups is 1. The number of hydrogen-bond donors (Lipinski definition) is 1. The minimum atomic E-state index is -4.33. The van der Waals surface area contributed by atoms with Crippen LogP contribution < -0.4 is 0 Å². The zero-order valence-corrected chi connectivity index (χ0v) is 12.1. The summed E-state index contributed by atoms with van der Waals surface area (Å²) in [5.74, 6) is 0.0305. The Bertz CT molecular complexity index is 475. The fourth-order valence-electron chi connectivity index (χ4n) is 3.25. The Balaban J connectivity index is 2.27. The maximum Gasteiger partial charge on any atom is 0.416 e. The summed E-state index contributed by atoms with van der Waals surface area (Å²) < 4.78 is 37.7. The first-order chi connectivity index (χ1) is 9.05. The van der Waals surface area contributed by atoms with Gasteiger partial charge < -0.3 is 5.11 Å². The Morgan fingerprint density at radius 2 is 1.65 bits per heavy atom. The van der Waals surface area contributed by atoms with Crippen molar-refractivity contribution in [2.24, 2.45) is 11.3 Å². The number of benzene rings is 1. The van der Waals surface area contributed by atoms with Crippen molar-refractivity contribution in [1.82, 2.24) is 0 Å². The highest BCUT2D eigenvalue weighted by Crippen LogP contribution is 2.48. The molecule has 1 aliphatic carbocycles. The molecular formula is C16H21F3O. The standard InChI is InChI=1S/C16H21F3O/c1-11-10-14(2,3)8-9-15(11,20)12-4-6-13(7-5-12)16(17,18)19/h4-7,11,20H,8-10H2,1-3H3. The Morgan fingerprint density at radius 1 is 1.10 bits per heavy atom. The van der Waals surface area contributed by atoms with Gasteiger partial charge in [-0.05, 0) is 48.3 Å². The molecule has 2 atom stereocenters. The van der Waals surface area contributed by atoms with Gasteiger partial charge in [0.2, 0.25) is 0 Å². The quantitative estimate of drug-likeness (QED) is 0.790. The average Bonchev–Trinajstić information content (AvgIpc) is 2.33. The van der Waals surface area contributed by atoms with Gasteiger partial charge in [-0.3, -0.25) is 0 Å². The molecule has 20 heavy (non-hydrogen) atoms. The molecule has 112 valence electrons. The molecule has 2 rings (SSSR count). The first-order valence-electron chi connectivity index (χ1n) is 6.95. The van der Waals surface area contributed by atoms with Gasteiger partial charge in [0.25, 0.3) is 0 Å². The molecular weight excluding hydrogens is 265 g/mol. The van der Waals surface area contributed by atoms with Crippen molar-refractivity contribution >= 4 is 0 Å². The predicted molar refractivity (Wildman–Crippen MR) is 72.1 cm³/mol. The van der Waals surface area contributed by atoms with E-state index in [1.54, 1.807) is 0 Å². The van der Waals surface area contributed by atoms with Crippen molar-refractivity contribution in [2.75, 3.05) is 0 Å². The van der Waals surface area contributed by atoms with Gasteiger partial charge in [0.1, 0.15) is 0 Å². The fraction of sp³-hybridized carbons (Fsp3) is 0.625. The molecule has 1 saturated carbocycles. The van der Waals surface area contributed by atoms with Gasteiger partial charge in [-0.25, -0.2) is 0 Å². The number of alkyl halides is 3. The van der Waals surface area contributed by atoms with Crippen LogP contribution in [0.25, 0.3) is 0 Å². The summed E-state index contributed by atoms with van der Waals surface area (Å²) in [4.78, 5) is 0. The van der Waals surface area contributed by atoms with Gasteiger partial charge in [0, 0.05) is 0 Å². The normalized spacial score (nSPS) is 30.2. The van der Waals surface area contributed by atoms with E-state index < -0.39 is 17.3 Å². The molecule has 1 fully saturated rings. The van der Waals surface area contributed by atoms with Crippen LogP contribution >= 0.6 is 0 Å². The smallest absolute Gasteiger partial charge is 0.385 e. The maximum atomic E-state index is 12.6. The molecule has 0 saturated heterocycles. The molecule has 1 aromatic carbocycles. The predicted octanol–water partition coefficient (Wildman–Crippen LogP) is 4.74. The molecule has 0 aliphatic heterocycles. The highest BCUT2D eigenvalue weighted by Gasteiger charge is 2.43. The van der Waals surface area contributed by atoms with Crippen LogP contribution in [0.4, 0.5) is 13.2 Å². The van der Waals surface area contributed by atoms with Crippen LogP contribution in [0.1, 0.15) is 51.2 Å². The van der Waals surface area contributed by atoms with E-state index >= 15 is 0 Å². The molecule has 0 heterocycles. The summed E-state index contributed by atoms with van der Waals surface area (Å²) in [5.41, 5.74) is -0.917. The minimum absolute atomic E-state index is 0.0305. The monoisotopic (exact) mass is 286 g/mol. The molecule has 1 aliphatic rings. The van der Waals surface area contributed by atoms with Crippen molar-refractivity contribution in [2.45, 2.75) is 51.8 Å². The molecule has 0 radical (unpaired) electrons. The van der Waals surface area contributed by atoms with E-state index in [0.29, 0.717) is 12.0 Å². The Morgan fingerprint density at radius 3 is 2.10 bits per heavy atom. The zero-order valence-electron chi connectivity index (χ0n) is 12.1. The first-order valence-corrected chi connectivity index (χ1v) is 6.95. The second-order valence-electron chi connectivity index (χ2n) is 6.77. The summed E-state index contributed by atoms with van der Waals surface area (Å²) >= 11 is 0. The Hall–Kier alpha value is -1.03. The molecule has 0 amide bonds. The highest BCUT2D eigenvalue weighted by atomic mass is 19.4. The molecule has 0 bridgehead atoms. The van der Waals surface area contributed by atoms with Crippen LogP contribution in [0, 0.1) is 11.3 Å². The van der Waals surface area contributed by atoms with Crippen LogP contribution in [0.15, 0.2) is 24.3 Å². The minimum Gasteiger partial charge on any atom is -0.385 e. The lowest BCUT2D eigenvalue weighted by atomic mass is 9.63. The number of hydrogen-bond acceptors (Lipinski definition) is 1. The molecule has 1 nitrogen and oxygen atoms in total. The number of halogens is 3. The maximum absolute atomic E-state index is 12.6. The van der Waals surface area contributed by atoms with Crippen LogP contribution in [0.3, 0.4) is 0 Å². The zero-order chi connectivity index (χ0) is 15.2. The molecule has 0 spiro atoms. The van der Waals surface area contributed by atoms with E-state index in [1.807, 2.05) is 6.92 Å². The van der Waals surface area contributed by atoms with E-state index in [-0.39, 0.29) is 11.3 Å². The number of rotatable bonds is 1. The Labute approximate surface area is 117 Å². The van der Waals surface area contributed by atoms with Crippen LogP contribution in [0.2, 0.25) is 0 Å². The van der Waals surface area contributed by atoms with Gasteiger partial charge in [-0.15, -0.1) is 0 Å². The third kappa shape index (κ3) is 2.85.